The van der Waals surface area contributed by atoms with Crippen LogP contribution in [0, 0.1) is 0 Å². The minimum Gasteiger partial charge on any atom is -0.322 e. The highest BCUT2D eigenvalue weighted by atomic mass is 16.1. The van der Waals surface area contributed by atoms with Crippen LogP contribution in [0.4, 0.5) is 5.69 Å². The van der Waals surface area contributed by atoms with Gasteiger partial charge in [-0.3, -0.25) is 9.59 Å². The van der Waals surface area contributed by atoms with Crippen LogP contribution in [-0.2, 0) is 4.79 Å². The van der Waals surface area contributed by atoms with Crippen molar-refractivity contribution in [3.8, 4) is 0 Å². The van der Waals surface area contributed by atoms with E-state index in [2.05, 4.69) is 5.32 Å². The van der Waals surface area contributed by atoms with Gasteiger partial charge in [-0.2, -0.15) is 0 Å². The summed E-state index contributed by atoms with van der Waals surface area (Å²) in [7, 11) is 0. The van der Waals surface area contributed by atoms with Crippen LogP contribution in [0.1, 0.15) is 22.8 Å². The van der Waals surface area contributed by atoms with Crippen LogP contribution in [0.5, 0.6) is 0 Å². The molecule has 22 heavy (non-hydrogen) atoms. The van der Waals surface area contributed by atoms with Gasteiger partial charge < -0.3 is 5.32 Å². The molecule has 0 fully saturated rings. The zero-order valence-corrected chi connectivity index (χ0v) is 12.3. The van der Waals surface area contributed by atoms with Gasteiger partial charge in [-0.15, -0.1) is 0 Å². The smallest absolute Gasteiger partial charge is 0.248 e. The maximum Gasteiger partial charge on any atom is 0.248 e. The van der Waals surface area contributed by atoms with Crippen LogP contribution in [0.25, 0.3) is 6.08 Å². The van der Waals surface area contributed by atoms with Crippen LogP contribution in [-0.4, -0.2) is 11.7 Å². The molecule has 2 rings (SSSR count). The van der Waals surface area contributed by atoms with Crippen LogP contribution < -0.4 is 5.32 Å². The van der Waals surface area contributed by atoms with Gasteiger partial charge in [-0.1, -0.05) is 60.7 Å². The third-order valence-corrected chi connectivity index (χ3v) is 2.98. The number of hydrogen-bond donors (Lipinski definition) is 1. The fraction of sp³-hybridized carbons (Fsp3) is 0.0526. The van der Waals surface area contributed by atoms with Crippen molar-refractivity contribution in [1.29, 1.82) is 0 Å². The van der Waals surface area contributed by atoms with E-state index in [4.69, 9.17) is 0 Å². The Morgan fingerprint density at radius 3 is 2.45 bits per heavy atom. The van der Waals surface area contributed by atoms with Crippen LogP contribution in [0.3, 0.4) is 0 Å². The molecule has 3 nitrogen and oxygen atoms in total. The van der Waals surface area contributed by atoms with E-state index in [1.807, 2.05) is 36.4 Å². The highest BCUT2D eigenvalue weighted by Crippen LogP contribution is 2.11. The van der Waals surface area contributed by atoms with Crippen molar-refractivity contribution in [2.24, 2.45) is 0 Å². The molecule has 0 aromatic heterocycles. The van der Waals surface area contributed by atoms with Gasteiger partial charge in [0.15, 0.2) is 5.78 Å². The van der Waals surface area contributed by atoms with Crippen molar-refractivity contribution in [2.45, 2.75) is 6.92 Å². The standard InChI is InChI=1S/C19H17NO2/c1-15(21)17-11-7-12-18(14-17)20-19(22)13-6-5-10-16-8-3-2-4-9-16/h2-14H,1H3,(H,20,22). The molecular weight excluding hydrogens is 274 g/mol. The summed E-state index contributed by atoms with van der Waals surface area (Å²) in [5.74, 6) is -0.268. The second kappa shape index (κ2) is 7.74. The lowest BCUT2D eigenvalue weighted by atomic mass is 10.1. The Hall–Kier alpha value is -2.94. The third kappa shape index (κ3) is 4.87. The van der Waals surface area contributed by atoms with Gasteiger partial charge in [0, 0.05) is 17.3 Å². The maximum atomic E-state index is 11.8. The van der Waals surface area contributed by atoms with E-state index in [9.17, 15) is 9.59 Å². The molecule has 0 saturated carbocycles. The van der Waals surface area contributed by atoms with Crippen molar-refractivity contribution >= 4 is 23.5 Å². The first-order valence-corrected chi connectivity index (χ1v) is 6.97. The fourth-order valence-corrected chi connectivity index (χ4v) is 1.87. The maximum absolute atomic E-state index is 11.8. The van der Waals surface area contributed by atoms with Gasteiger partial charge in [0.05, 0.1) is 0 Å². The van der Waals surface area contributed by atoms with Crippen molar-refractivity contribution < 1.29 is 9.59 Å². The summed E-state index contributed by atoms with van der Waals surface area (Å²) in [6, 6.07) is 16.7. The minimum absolute atomic E-state index is 0.0302. The Bertz CT molecular complexity index is 715. The average Bonchev–Trinajstić information content (AvgIpc) is 2.53. The van der Waals surface area contributed by atoms with Gasteiger partial charge in [0.1, 0.15) is 0 Å². The zero-order chi connectivity index (χ0) is 15.8. The molecule has 0 radical (unpaired) electrons. The number of nitrogens with one attached hydrogen (secondary N) is 1. The summed E-state index contributed by atoms with van der Waals surface area (Å²) in [5.41, 5.74) is 2.25. The second-order valence-electron chi connectivity index (χ2n) is 4.76. The molecule has 1 amide bonds. The number of allylic oxidation sites excluding steroid dienone is 2. The van der Waals surface area contributed by atoms with Crippen molar-refractivity contribution in [3.63, 3.8) is 0 Å². The number of hydrogen-bond acceptors (Lipinski definition) is 2. The largest absolute Gasteiger partial charge is 0.322 e. The van der Waals surface area contributed by atoms with E-state index in [0.717, 1.165) is 5.56 Å². The zero-order valence-electron chi connectivity index (χ0n) is 12.3. The summed E-state index contributed by atoms with van der Waals surface area (Å²) in [5, 5.41) is 2.72. The molecule has 0 unspecified atom stereocenters. The fourth-order valence-electron chi connectivity index (χ4n) is 1.87. The number of ketones is 1. The SMILES string of the molecule is CC(=O)c1cccc(NC(=O)C=CC=Cc2ccccc2)c1. The number of amides is 1. The molecule has 2 aromatic rings. The molecule has 0 heterocycles. The minimum atomic E-state index is -0.238. The second-order valence-corrected chi connectivity index (χ2v) is 4.76. The lowest BCUT2D eigenvalue weighted by molar-refractivity contribution is -0.111. The first-order valence-electron chi connectivity index (χ1n) is 6.97. The number of rotatable bonds is 5. The predicted octanol–water partition coefficient (Wildman–Crippen LogP) is 4.10. The van der Waals surface area contributed by atoms with Crippen molar-refractivity contribution in [3.05, 3.63) is 84.0 Å². The lowest BCUT2D eigenvalue weighted by Crippen LogP contribution is -2.08. The molecule has 0 saturated heterocycles. The number of anilines is 1. The number of benzene rings is 2. The Morgan fingerprint density at radius 2 is 1.73 bits per heavy atom. The first-order chi connectivity index (χ1) is 10.6. The predicted molar refractivity (Wildman–Crippen MR) is 89.7 cm³/mol. The highest BCUT2D eigenvalue weighted by molar-refractivity contribution is 6.01. The molecule has 0 aliphatic rings. The summed E-state index contributed by atoms with van der Waals surface area (Å²) in [6.45, 7) is 1.50. The number of carbonyl (C=O) groups is 2. The van der Waals surface area contributed by atoms with Crippen molar-refractivity contribution in [1.82, 2.24) is 0 Å². The van der Waals surface area contributed by atoms with E-state index >= 15 is 0 Å². The van der Waals surface area contributed by atoms with Gasteiger partial charge >= 0.3 is 0 Å². The monoisotopic (exact) mass is 291 g/mol. The molecular formula is C19H17NO2. The molecule has 0 spiro atoms. The van der Waals surface area contributed by atoms with Crippen LogP contribution >= 0.6 is 0 Å². The molecule has 0 aliphatic heterocycles. The number of carbonyl (C=O) groups excluding carboxylic acids is 2. The van der Waals surface area contributed by atoms with E-state index in [1.165, 1.54) is 13.0 Å². The number of Topliss-reactive ketones (excluding diaryl/α,β-unsaturated/α-hetero) is 1. The molecule has 3 heteroatoms. The summed E-state index contributed by atoms with van der Waals surface area (Å²) in [6.07, 6.45) is 6.85. The first kappa shape index (κ1) is 15.4. The topological polar surface area (TPSA) is 46.2 Å². The van der Waals surface area contributed by atoms with Gasteiger partial charge in [-0.05, 0) is 24.6 Å². The van der Waals surface area contributed by atoms with Crippen molar-refractivity contribution in [2.75, 3.05) is 5.32 Å². The van der Waals surface area contributed by atoms with Crippen LogP contribution in [0.15, 0.2) is 72.8 Å². The van der Waals surface area contributed by atoms with Crippen LogP contribution in [0.2, 0.25) is 0 Å². The molecule has 0 atom stereocenters. The molecule has 2 aromatic carbocycles. The Kier molecular flexibility index (Phi) is 5.44. The summed E-state index contributed by atoms with van der Waals surface area (Å²) >= 11 is 0. The van der Waals surface area contributed by atoms with E-state index in [-0.39, 0.29) is 11.7 Å². The Morgan fingerprint density at radius 1 is 0.955 bits per heavy atom. The highest BCUT2D eigenvalue weighted by Gasteiger charge is 2.01. The van der Waals surface area contributed by atoms with Gasteiger partial charge in [0.2, 0.25) is 5.91 Å². The van der Waals surface area contributed by atoms with E-state index in [0.29, 0.717) is 11.3 Å². The molecule has 0 bridgehead atoms. The average molecular weight is 291 g/mol. The Labute approximate surface area is 130 Å². The molecule has 110 valence electrons. The normalized spacial score (nSPS) is 11.0. The lowest BCUT2D eigenvalue weighted by Gasteiger charge is -2.03. The van der Waals surface area contributed by atoms with E-state index < -0.39 is 0 Å². The summed E-state index contributed by atoms with van der Waals surface area (Å²) in [4.78, 5) is 23.1. The van der Waals surface area contributed by atoms with Gasteiger partial charge in [0.25, 0.3) is 0 Å². The Balaban J connectivity index is 1.93. The van der Waals surface area contributed by atoms with Gasteiger partial charge in [-0.25, -0.2) is 0 Å². The quantitative estimate of drug-likeness (QED) is 0.512. The van der Waals surface area contributed by atoms with E-state index in [1.54, 1.807) is 36.4 Å². The molecule has 0 aliphatic carbocycles. The molecule has 1 N–H and O–H groups in total. The summed E-state index contributed by atoms with van der Waals surface area (Å²) < 4.78 is 0. The third-order valence-electron chi connectivity index (χ3n) is 2.98.